The maximum absolute atomic E-state index is 12.3. The smallest absolute Gasteiger partial charge is 0.248 e. The summed E-state index contributed by atoms with van der Waals surface area (Å²) in [5, 5.41) is 2.83. The van der Waals surface area contributed by atoms with Crippen LogP contribution < -0.4 is 5.32 Å². The predicted octanol–water partition coefficient (Wildman–Crippen LogP) is 1.47. The highest BCUT2D eigenvalue weighted by Crippen LogP contribution is 2.17. The van der Waals surface area contributed by atoms with Gasteiger partial charge in [-0.2, -0.15) is 0 Å². The number of hydrogen-bond acceptors (Lipinski definition) is 2. The van der Waals surface area contributed by atoms with Crippen LogP contribution in [0.15, 0.2) is 12.2 Å². The summed E-state index contributed by atoms with van der Waals surface area (Å²) < 4.78 is 0. The third kappa shape index (κ3) is 3.32. The lowest BCUT2D eigenvalue weighted by molar-refractivity contribution is -0.138. The molecule has 0 radical (unpaired) electrons. The van der Waals surface area contributed by atoms with Gasteiger partial charge in [-0.1, -0.05) is 19.1 Å². The summed E-state index contributed by atoms with van der Waals surface area (Å²) in [4.78, 5) is 25.7. The summed E-state index contributed by atoms with van der Waals surface area (Å²) in [6, 6.07) is 0. The molecule has 0 saturated carbocycles. The molecule has 1 aliphatic heterocycles. The number of nitrogens with one attached hydrogen (secondary N) is 1. The third-order valence-electron chi connectivity index (χ3n) is 3.29. The minimum absolute atomic E-state index is 0.0313. The lowest BCUT2D eigenvalue weighted by atomic mass is 9.97. The largest absolute Gasteiger partial charge is 0.342 e. The van der Waals surface area contributed by atoms with E-state index in [4.69, 9.17) is 0 Å². The molecule has 4 heteroatoms. The highest BCUT2D eigenvalue weighted by Gasteiger charge is 2.38. The second kappa shape index (κ2) is 5.84. The van der Waals surface area contributed by atoms with Crippen molar-refractivity contribution >= 4 is 11.8 Å². The molecule has 0 aliphatic carbocycles. The van der Waals surface area contributed by atoms with E-state index in [1.54, 1.807) is 11.8 Å². The van der Waals surface area contributed by atoms with Crippen LogP contribution in [0.5, 0.6) is 0 Å². The van der Waals surface area contributed by atoms with Gasteiger partial charge in [0.15, 0.2) is 0 Å². The fourth-order valence-corrected chi connectivity index (χ4v) is 1.96. The van der Waals surface area contributed by atoms with E-state index in [1.165, 1.54) is 0 Å². The molecular formula is C13H22N2O2. The van der Waals surface area contributed by atoms with Gasteiger partial charge in [0.1, 0.15) is 5.54 Å². The molecule has 0 bridgehead atoms. The molecule has 17 heavy (non-hydrogen) atoms. The van der Waals surface area contributed by atoms with Gasteiger partial charge in [-0.3, -0.25) is 9.59 Å². The van der Waals surface area contributed by atoms with Crippen molar-refractivity contribution in [2.75, 3.05) is 13.1 Å². The standard InChI is InChI=1S/C13H22N2O2/c1-4-6-7-9-15-10-8-11(16)14-13(3,5-2)12(15)17/h4,6H,5,7-10H2,1-3H3,(H,14,16)/b6-4+. The fourth-order valence-electron chi connectivity index (χ4n) is 1.96. The molecule has 0 aromatic heterocycles. The van der Waals surface area contributed by atoms with Gasteiger partial charge in [0.25, 0.3) is 0 Å². The van der Waals surface area contributed by atoms with Gasteiger partial charge < -0.3 is 10.2 Å². The van der Waals surface area contributed by atoms with E-state index in [2.05, 4.69) is 5.32 Å². The molecule has 0 aromatic rings. The number of nitrogens with zero attached hydrogens (tertiary/aromatic N) is 1. The number of allylic oxidation sites excluding steroid dienone is 1. The summed E-state index contributed by atoms with van der Waals surface area (Å²) in [6.07, 6.45) is 5.88. The lowest BCUT2D eigenvalue weighted by Gasteiger charge is -2.31. The Morgan fingerprint density at radius 2 is 2.18 bits per heavy atom. The molecule has 0 aromatic carbocycles. The van der Waals surface area contributed by atoms with Crippen molar-refractivity contribution in [1.29, 1.82) is 0 Å². The van der Waals surface area contributed by atoms with Crippen molar-refractivity contribution in [2.24, 2.45) is 0 Å². The first-order valence-corrected chi connectivity index (χ1v) is 6.25. The topological polar surface area (TPSA) is 49.4 Å². The molecule has 1 rings (SSSR count). The van der Waals surface area contributed by atoms with Crippen molar-refractivity contribution in [1.82, 2.24) is 10.2 Å². The van der Waals surface area contributed by atoms with E-state index < -0.39 is 5.54 Å². The van der Waals surface area contributed by atoms with Crippen LogP contribution in [0, 0.1) is 0 Å². The van der Waals surface area contributed by atoms with Crippen LogP contribution in [0.25, 0.3) is 0 Å². The van der Waals surface area contributed by atoms with Crippen LogP contribution in [0.4, 0.5) is 0 Å². The van der Waals surface area contributed by atoms with E-state index in [0.717, 1.165) is 6.42 Å². The van der Waals surface area contributed by atoms with E-state index >= 15 is 0 Å². The Hall–Kier alpha value is -1.32. The molecule has 96 valence electrons. The number of carbonyl (C=O) groups excluding carboxylic acids is 2. The summed E-state index contributed by atoms with van der Waals surface area (Å²) in [5.41, 5.74) is -0.733. The van der Waals surface area contributed by atoms with E-state index in [-0.39, 0.29) is 11.8 Å². The second-order valence-corrected chi connectivity index (χ2v) is 4.63. The van der Waals surface area contributed by atoms with Gasteiger partial charge in [0, 0.05) is 19.5 Å². The highest BCUT2D eigenvalue weighted by molar-refractivity contribution is 5.93. The highest BCUT2D eigenvalue weighted by atomic mass is 16.2. The van der Waals surface area contributed by atoms with Crippen LogP contribution in [0.2, 0.25) is 0 Å². The Balaban J connectivity index is 2.76. The van der Waals surface area contributed by atoms with Crippen molar-refractivity contribution in [3.63, 3.8) is 0 Å². The van der Waals surface area contributed by atoms with Crippen LogP contribution in [0.3, 0.4) is 0 Å². The SMILES string of the molecule is C/C=C/CCN1CCC(=O)NC(C)(CC)C1=O. The Morgan fingerprint density at radius 3 is 2.76 bits per heavy atom. The average molecular weight is 238 g/mol. The molecular weight excluding hydrogens is 216 g/mol. The van der Waals surface area contributed by atoms with Crippen LogP contribution in [0.1, 0.15) is 40.0 Å². The maximum Gasteiger partial charge on any atom is 0.248 e. The minimum atomic E-state index is -0.733. The molecule has 2 amide bonds. The number of carbonyl (C=O) groups is 2. The number of amides is 2. The number of hydrogen-bond donors (Lipinski definition) is 1. The van der Waals surface area contributed by atoms with Crippen molar-refractivity contribution in [3.05, 3.63) is 12.2 Å². The normalized spacial score (nSPS) is 26.2. The Morgan fingerprint density at radius 1 is 1.47 bits per heavy atom. The van der Waals surface area contributed by atoms with Crippen molar-refractivity contribution in [2.45, 2.75) is 45.6 Å². The van der Waals surface area contributed by atoms with Gasteiger partial charge >= 0.3 is 0 Å². The minimum Gasteiger partial charge on any atom is -0.342 e. The first-order valence-electron chi connectivity index (χ1n) is 6.25. The first kappa shape index (κ1) is 13.7. The predicted molar refractivity (Wildman–Crippen MR) is 67.5 cm³/mol. The summed E-state index contributed by atoms with van der Waals surface area (Å²) in [5.74, 6) is 0.00610. The van der Waals surface area contributed by atoms with E-state index in [0.29, 0.717) is 25.9 Å². The van der Waals surface area contributed by atoms with E-state index in [1.807, 2.05) is 26.0 Å². The maximum atomic E-state index is 12.3. The second-order valence-electron chi connectivity index (χ2n) is 4.63. The zero-order chi connectivity index (χ0) is 12.9. The van der Waals surface area contributed by atoms with Crippen LogP contribution in [-0.4, -0.2) is 35.3 Å². The molecule has 1 saturated heterocycles. The molecule has 1 N–H and O–H groups in total. The fraction of sp³-hybridized carbons (Fsp3) is 0.692. The monoisotopic (exact) mass is 238 g/mol. The molecule has 0 spiro atoms. The van der Waals surface area contributed by atoms with Gasteiger partial charge in [0.05, 0.1) is 0 Å². The first-order chi connectivity index (χ1) is 8.03. The van der Waals surface area contributed by atoms with Crippen LogP contribution >= 0.6 is 0 Å². The molecule has 1 aliphatic rings. The summed E-state index contributed by atoms with van der Waals surface area (Å²) >= 11 is 0. The summed E-state index contributed by atoms with van der Waals surface area (Å²) in [7, 11) is 0. The Bertz CT molecular complexity index is 325. The van der Waals surface area contributed by atoms with Crippen LogP contribution in [-0.2, 0) is 9.59 Å². The zero-order valence-electron chi connectivity index (χ0n) is 11.0. The van der Waals surface area contributed by atoms with Gasteiger partial charge in [0.2, 0.25) is 11.8 Å². The van der Waals surface area contributed by atoms with Gasteiger partial charge in [-0.05, 0) is 26.7 Å². The quantitative estimate of drug-likeness (QED) is 0.754. The van der Waals surface area contributed by atoms with Gasteiger partial charge in [-0.15, -0.1) is 0 Å². The average Bonchev–Trinajstić information content (AvgIpc) is 2.41. The Kier molecular flexibility index (Phi) is 4.73. The molecule has 1 atom stereocenters. The Labute approximate surface area is 103 Å². The van der Waals surface area contributed by atoms with Crippen molar-refractivity contribution in [3.8, 4) is 0 Å². The van der Waals surface area contributed by atoms with Gasteiger partial charge in [-0.25, -0.2) is 0 Å². The molecule has 1 fully saturated rings. The van der Waals surface area contributed by atoms with Crippen molar-refractivity contribution < 1.29 is 9.59 Å². The zero-order valence-corrected chi connectivity index (χ0v) is 11.0. The molecule has 1 unspecified atom stereocenters. The lowest BCUT2D eigenvalue weighted by Crippen LogP contribution is -2.54. The molecule has 1 heterocycles. The number of rotatable bonds is 4. The van der Waals surface area contributed by atoms with E-state index in [9.17, 15) is 9.59 Å². The summed E-state index contributed by atoms with van der Waals surface area (Å²) in [6.45, 7) is 6.91. The molecule has 4 nitrogen and oxygen atoms in total. The third-order valence-corrected chi connectivity index (χ3v) is 3.29.